The van der Waals surface area contributed by atoms with Crippen LogP contribution in [-0.4, -0.2) is 187 Å². The summed E-state index contributed by atoms with van der Waals surface area (Å²) < 4.78 is 76.6. The molecule has 13 rings (SSSR count). The van der Waals surface area contributed by atoms with E-state index in [0.29, 0.717) is 116 Å². The lowest BCUT2D eigenvalue weighted by Crippen LogP contribution is -2.66. The highest BCUT2D eigenvalue weighted by Gasteiger charge is 2.69. The van der Waals surface area contributed by atoms with Crippen LogP contribution in [0.2, 0.25) is 0 Å². The van der Waals surface area contributed by atoms with Crippen LogP contribution in [0.1, 0.15) is 221 Å². The maximum atomic E-state index is 6.19. The SMILES string of the molecule is CC(C)(C)OC1CC(OCC23CC(COCCOC4CN(C(C)(C)C)C4)(C2)C3)C1.CC(C)(C)OCCOCC#CC12CC(COC3CC(OC(C)(C)C)C3)(C1)C2.CC(C)(C)OCCOCCOCC12CC(COC3CC(OC(C)(C)C)C3)(C1)C2. The molecule has 12 saturated carbocycles. The van der Waals surface area contributed by atoms with Gasteiger partial charge in [0.05, 0.1) is 157 Å². The van der Waals surface area contributed by atoms with E-state index in [1.807, 2.05) is 0 Å². The topological polar surface area (TPSA) is 123 Å². The molecule has 14 heteroatoms. The van der Waals surface area contributed by atoms with Crippen LogP contribution in [0.15, 0.2) is 0 Å². The first kappa shape index (κ1) is 68.9. The molecular weight excluding hydrogens is 1060 g/mol. The molecule has 0 atom stereocenters. The predicted octanol–water partition coefficient (Wildman–Crippen LogP) is 12.8. The Morgan fingerprint density at radius 3 is 1.04 bits per heavy atom. The summed E-state index contributed by atoms with van der Waals surface area (Å²) in [6.45, 7) is 50.7. The molecule has 84 heavy (non-hydrogen) atoms. The molecule has 13 fully saturated rings. The van der Waals surface area contributed by atoms with E-state index in [2.05, 4.69) is 141 Å². The highest BCUT2D eigenvalue weighted by atomic mass is 16.6. The summed E-state index contributed by atoms with van der Waals surface area (Å²) in [5, 5.41) is 0. The number of hydrogen-bond donors (Lipinski definition) is 0. The Labute approximate surface area is 511 Å². The lowest BCUT2D eigenvalue weighted by atomic mass is 9.35. The third-order valence-corrected chi connectivity index (χ3v) is 18.9. The first-order valence-electron chi connectivity index (χ1n) is 33.3. The van der Waals surface area contributed by atoms with Crippen molar-refractivity contribution >= 4 is 0 Å². The van der Waals surface area contributed by atoms with Gasteiger partial charge in [-0.05, 0) is 248 Å². The van der Waals surface area contributed by atoms with Crippen LogP contribution in [0.25, 0.3) is 0 Å². The fraction of sp³-hybridized carbons (Fsp3) is 0.971. The number of ether oxygens (including phenoxy) is 13. The normalized spacial score (nSPS) is 35.6. The summed E-state index contributed by atoms with van der Waals surface area (Å²) in [4.78, 5) is 2.46. The quantitative estimate of drug-likeness (QED) is 0.0501. The average Bonchev–Trinajstić information content (AvgIpc) is 0.712. The molecule has 1 heterocycles. The second kappa shape index (κ2) is 27.1. The zero-order valence-corrected chi connectivity index (χ0v) is 56.7. The number of nitrogens with zero attached hydrogens (tertiary/aromatic N) is 1. The Balaban J connectivity index is 0.000000164. The predicted molar refractivity (Wildman–Crippen MR) is 330 cm³/mol. The molecular formula is C70H123NO13. The minimum atomic E-state index is -0.0999. The van der Waals surface area contributed by atoms with Crippen LogP contribution in [0.4, 0.5) is 0 Å². The van der Waals surface area contributed by atoms with E-state index in [-0.39, 0.29) is 39.0 Å². The summed E-state index contributed by atoms with van der Waals surface area (Å²) in [6.07, 6.45) is 20.4. The van der Waals surface area contributed by atoms with E-state index < -0.39 is 0 Å². The standard InChI is InChI=1S/C24H43NO4.C23H42O5.C23H38O4/c1-21(2,3)25-11-20(12-25)27-8-7-26-16-23-13-24(14-23,15-23)17-28-18-9-19(10-18)29-22(4,5)6;1-20(2,3)27-10-9-24-7-8-25-16-22-13-23(14-22,15-22)17-26-18-11-19(12-18)28-21(4,5)6;1-20(2,3)26-11-10-24-9-7-8-22-14-23(15-22,16-22)17-25-18-12-19(13-18)27-21(4,5)6/h18-20H,7-17H2,1-6H3;18-19H,7-17H2,1-6H3;18-19H,9-17H2,1-6H3. The van der Waals surface area contributed by atoms with E-state index in [1.165, 1.54) is 57.8 Å². The monoisotopic (exact) mass is 1190 g/mol. The van der Waals surface area contributed by atoms with E-state index >= 15 is 0 Å². The molecule has 6 bridgehead atoms. The van der Waals surface area contributed by atoms with Gasteiger partial charge >= 0.3 is 0 Å². The maximum Gasteiger partial charge on any atom is 0.107 e. The van der Waals surface area contributed by atoms with Gasteiger partial charge in [0.25, 0.3) is 0 Å². The Bertz CT molecular complexity index is 2040. The first-order chi connectivity index (χ1) is 38.9. The van der Waals surface area contributed by atoms with Gasteiger partial charge in [0, 0.05) is 24.0 Å². The van der Waals surface area contributed by atoms with Crippen molar-refractivity contribution in [2.45, 2.75) is 297 Å². The highest BCUT2D eigenvalue weighted by Crippen LogP contribution is 2.75. The minimum absolute atomic E-state index is 0.0361. The van der Waals surface area contributed by atoms with Gasteiger partial charge < -0.3 is 61.6 Å². The van der Waals surface area contributed by atoms with Crippen molar-refractivity contribution in [1.82, 2.24) is 4.90 Å². The molecule has 0 unspecified atom stereocenters. The third kappa shape index (κ3) is 20.8. The Kier molecular flexibility index (Phi) is 22.2. The Hall–Kier alpha value is -1.00. The number of rotatable bonds is 30. The van der Waals surface area contributed by atoms with Crippen LogP contribution in [0, 0.1) is 44.3 Å². The van der Waals surface area contributed by atoms with Gasteiger partial charge in [-0.2, -0.15) is 0 Å². The minimum Gasteiger partial charge on any atom is -0.378 e. The maximum absolute atomic E-state index is 6.19. The lowest BCUT2D eigenvalue weighted by Gasteiger charge is -2.70. The lowest BCUT2D eigenvalue weighted by molar-refractivity contribution is -0.267. The molecule has 0 aromatic carbocycles. The zero-order chi connectivity index (χ0) is 61.1. The Morgan fingerprint density at radius 2 is 0.667 bits per heavy atom. The Morgan fingerprint density at radius 1 is 0.333 bits per heavy atom. The summed E-state index contributed by atoms with van der Waals surface area (Å²) in [5.41, 5.74) is 2.47. The molecule has 14 nitrogen and oxygen atoms in total. The van der Waals surface area contributed by atoms with Gasteiger partial charge in [-0.3, -0.25) is 4.90 Å². The summed E-state index contributed by atoms with van der Waals surface area (Å²) in [7, 11) is 0. The zero-order valence-electron chi connectivity index (χ0n) is 56.7. The summed E-state index contributed by atoms with van der Waals surface area (Å²) >= 11 is 0. The van der Waals surface area contributed by atoms with Crippen LogP contribution in [0.3, 0.4) is 0 Å². The van der Waals surface area contributed by atoms with E-state index in [0.717, 1.165) is 97.9 Å². The molecule has 486 valence electrons. The van der Waals surface area contributed by atoms with Crippen molar-refractivity contribution in [2.75, 3.05) is 106 Å². The van der Waals surface area contributed by atoms with Crippen LogP contribution in [0.5, 0.6) is 0 Å². The van der Waals surface area contributed by atoms with E-state index in [9.17, 15) is 0 Å². The third-order valence-electron chi connectivity index (χ3n) is 18.9. The molecule has 0 N–H and O–H groups in total. The molecule has 0 aromatic rings. The van der Waals surface area contributed by atoms with Crippen molar-refractivity contribution in [3.8, 4) is 11.8 Å². The van der Waals surface area contributed by atoms with Gasteiger partial charge in [-0.15, -0.1) is 0 Å². The van der Waals surface area contributed by atoms with Gasteiger partial charge in [-0.25, -0.2) is 0 Å². The van der Waals surface area contributed by atoms with Crippen molar-refractivity contribution in [3.05, 3.63) is 0 Å². The van der Waals surface area contributed by atoms with Crippen LogP contribution in [-0.2, 0) is 61.6 Å². The van der Waals surface area contributed by atoms with Crippen molar-refractivity contribution < 1.29 is 61.6 Å². The largest absolute Gasteiger partial charge is 0.378 e. The van der Waals surface area contributed by atoms with Crippen LogP contribution < -0.4 is 0 Å². The molecule has 0 spiro atoms. The van der Waals surface area contributed by atoms with Crippen LogP contribution >= 0.6 is 0 Å². The first-order valence-corrected chi connectivity index (χ1v) is 33.3. The molecule has 0 amide bonds. The molecule has 0 aromatic heterocycles. The van der Waals surface area contributed by atoms with Gasteiger partial charge in [0.2, 0.25) is 0 Å². The van der Waals surface area contributed by atoms with Crippen molar-refractivity contribution in [1.29, 1.82) is 0 Å². The summed E-state index contributed by atoms with van der Waals surface area (Å²) in [6, 6.07) is 0. The molecule has 1 saturated heterocycles. The van der Waals surface area contributed by atoms with Gasteiger partial charge in [-0.1, -0.05) is 11.8 Å². The fourth-order valence-corrected chi connectivity index (χ4v) is 15.3. The van der Waals surface area contributed by atoms with Crippen molar-refractivity contribution in [2.24, 2.45) is 32.5 Å². The van der Waals surface area contributed by atoms with E-state index in [1.54, 1.807) is 0 Å². The second-order valence-corrected chi connectivity index (χ2v) is 34.7. The van der Waals surface area contributed by atoms with E-state index in [4.69, 9.17) is 61.6 Å². The smallest absolute Gasteiger partial charge is 0.107 e. The average molecular weight is 1190 g/mol. The number of likely N-dealkylation sites (tertiary alicyclic amines) is 1. The number of hydrogen-bond acceptors (Lipinski definition) is 14. The molecule has 12 aliphatic carbocycles. The molecule has 0 radical (unpaired) electrons. The van der Waals surface area contributed by atoms with Gasteiger partial charge in [0.15, 0.2) is 0 Å². The molecule has 1 aliphatic heterocycles. The molecule has 13 aliphatic rings. The second-order valence-electron chi connectivity index (χ2n) is 34.7. The van der Waals surface area contributed by atoms with Crippen molar-refractivity contribution in [3.63, 3.8) is 0 Å². The summed E-state index contributed by atoms with van der Waals surface area (Å²) in [5.74, 6) is 6.66. The fourth-order valence-electron chi connectivity index (χ4n) is 15.3. The van der Waals surface area contributed by atoms with Gasteiger partial charge in [0.1, 0.15) is 6.61 Å². The highest BCUT2D eigenvalue weighted by molar-refractivity contribution is 5.31.